The highest BCUT2D eigenvalue weighted by atomic mass is 32.2. The molecule has 1 atom stereocenters. The first kappa shape index (κ1) is 21.2. The molecule has 1 N–H and O–H groups in total. The number of hydrogen-bond donors (Lipinski definition) is 1. The summed E-state index contributed by atoms with van der Waals surface area (Å²) in [4.78, 5) is 13.0. The second-order valence-corrected chi connectivity index (χ2v) is 10.2. The van der Waals surface area contributed by atoms with Crippen LogP contribution in [0.1, 0.15) is 32.6 Å². The molecule has 1 aromatic rings. The van der Waals surface area contributed by atoms with Gasteiger partial charge in [0.25, 0.3) is 5.91 Å². The van der Waals surface area contributed by atoms with Gasteiger partial charge >= 0.3 is 0 Å². The summed E-state index contributed by atoms with van der Waals surface area (Å²) in [7, 11) is 0.726. The van der Waals surface area contributed by atoms with Gasteiger partial charge in [0.15, 0.2) is 6.04 Å². The van der Waals surface area contributed by atoms with Gasteiger partial charge in [-0.1, -0.05) is 0 Å². The Kier molecular flexibility index (Phi) is 6.44. The van der Waals surface area contributed by atoms with E-state index in [2.05, 4.69) is 19.4 Å². The largest absolute Gasteiger partial charge is 0.379 e. The zero-order chi connectivity index (χ0) is 20.4. The molecule has 2 aliphatic rings. The first-order chi connectivity index (χ1) is 13.2. The number of likely N-dealkylation sites (N-methyl/N-ethyl adjacent to an activating group) is 1. The number of nitrogens with zero attached hydrogens (tertiary/aromatic N) is 2. The molecule has 0 radical (unpaired) electrons. The molecule has 1 aromatic carbocycles. The number of morpholine rings is 1. The van der Waals surface area contributed by atoms with Crippen molar-refractivity contribution in [2.24, 2.45) is 0 Å². The van der Waals surface area contributed by atoms with Crippen molar-refractivity contribution in [3.63, 3.8) is 0 Å². The van der Waals surface area contributed by atoms with Crippen molar-refractivity contribution in [1.29, 1.82) is 0 Å². The summed E-state index contributed by atoms with van der Waals surface area (Å²) in [6.07, 6.45) is 4.80. The van der Waals surface area contributed by atoms with Crippen LogP contribution >= 0.6 is 0 Å². The van der Waals surface area contributed by atoms with E-state index in [1.54, 1.807) is 24.3 Å². The van der Waals surface area contributed by atoms with E-state index in [0.29, 0.717) is 42.5 Å². The van der Waals surface area contributed by atoms with Crippen LogP contribution in [0, 0.1) is 0 Å². The monoisotopic (exact) mass is 410 g/mol. The van der Waals surface area contributed by atoms with Gasteiger partial charge in [0.2, 0.25) is 10.0 Å². The van der Waals surface area contributed by atoms with Crippen molar-refractivity contribution in [1.82, 2.24) is 4.31 Å². The molecule has 1 aliphatic heterocycles. The third-order valence-corrected chi connectivity index (χ3v) is 8.29. The van der Waals surface area contributed by atoms with Crippen molar-refractivity contribution in [2.45, 2.75) is 49.6 Å². The van der Waals surface area contributed by atoms with Gasteiger partial charge in [-0.05, 0) is 56.9 Å². The summed E-state index contributed by atoms with van der Waals surface area (Å²) in [5.74, 6) is -0.0410. The molecule has 1 saturated carbocycles. The van der Waals surface area contributed by atoms with E-state index in [0.717, 1.165) is 0 Å². The summed E-state index contributed by atoms with van der Waals surface area (Å²) < 4.78 is 32.7. The lowest BCUT2D eigenvalue weighted by atomic mass is 10.1. The Morgan fingerprint density at radius 3 is 2.29 bits per heavy atom. The molecule has 0 unspecified atom stereocenters. The number of ether oxygens (including phenoxy) is 1. The van der Waals surface area contributed by atoms with E-state index in [9.17, 15) is 13.2 Å². The lowest BCUT2D eigenvalue weighted by Gasteiger charge is -2.40. The number of hydrogen-bond acceptors (Lipinski definition) is 4. The van der Waals surface area contributed by atoms with E-state index < -0.39 is 10.0 Å². The number of amides is 1. The molecule has 1 amide bonds. The molecule has 3 rings (SSSR count). The minimum Gasteiger partial charge on any atom is -0.379 e. The summed E-state index contributed by atoms with van der Waals surface area (Å²) in [6.45, 7) is 3.53. The van der Waals surface area contributed by atoms with Crippen LogP contribution in [0.4, 0.5) is 5.69 Å². The van der Waals surface area contributed by atoms with Gasteiger partial charge in [0, 0.05) is 18.8 Å². The first-order valence-corrected chi connectivity index (χ1v) is 11.5. The molecule has 156 valence electrons. The van der Waals surface area contributed by atoms with Gasteiger partial charge in [0.05, 0.1) is 38.2 Å². The average Bonchev–Trinajstić information content (AvgIpc) is 3.24. The molecular weight excluding hydrogens is 378 g/mol. The molecule has 0 aromatic heterocycles. The second-order valence-electron chi connectivity index (χ2n) is 8.27. The van der Waals surface area contributed by atoms with E-state index in [-0.39, 0.29) is 16.8 Å². The van der Waals surface area contributed by atoms with E-state index in [4.69, 9.17) is 4.74 Å². The Hall–Kier alpha value is -1.48. The van der Waals surface area contributed by atoms with E-state index in [1.807, 2.05) is 6.92 Å². The summed E-state index contributed by atoms with van der Waals surface area (Å²) in [5, 5.41) is 2.95. The van der Waals surface area contributed by atoms with Gasteiger partial charge in [-0.3, -0.25) is 4.79 Å². The minimum absolute atomic E-state index is 0.0410. The first-order valence-electron chi connectivity index (χ1n) is 10.0. The van der Waals surface area contributed by atoms with Gasteiger partial charge in [-0.15, -0.1) is 0 Å². The zero-order valence-corrected chi connectivity index (χ0v) is 17.9. The van der Waals surface area contributed by atoms with Gasteiger partial charge < -0.3 is 14.5 Å². The van der Waals surface area contributed by atoms with Crippen LogP contribution in [0.2, 0.25) is 0 Å². The normalized spacial score (nSPS) is 20.8. The standard InChI is InChI=1S/C20H31N3O4S/c1-16(23(2,3)18-6-4-5-7-18)20(24)21-17-8-10-19(11-9-17)28(25,26)22-12-14-27-15-13-22/h8-11,16,18H,4-7,12-15H2,1-3H3/p+1/t16-/m1/s1. The van der Waals surface area contributed by atoms with Crippen LogP contribution in [0.3, 0.4) is 0 Å². The Bertz CT molecular complexity index is 780. The number of rotatable bonds is 6. The number of anilines is 1. The zero-order valence-electron chi connectivity index (χ0n) is 17.1. The highest BCUT2D eigenvalue weighted by Gasteiger charge is 2.39. The number of carbonyl (C=O) groups excluding carboxylic acids is 1. The Morgan fingerprint density at radius 2 is 1.71 bits per heavy atom. The van der Waals surface area contributed by atoms with E-state index in [1.165, 1.54) is 30.0 Å². The maximum atomic E-state index is 12.8. The number of nitrogens with one attached hydrogen (secondary N) is 1. The molecule has 1 saturated heterocycles. The highest BCUT2D eigenvalue weighted by Crippen LogP contribution is 2.29. The number of benzene rings is 1. The maximum Gasteiger partial charge on any atom is 0.282 e. The lowest BCUT2D eigenvalue weighted by Crippen LogP contribution is -2.57. The third kappa shape index (κ3) is 4.40. The van der Waals surface area contributed by atoms with E-state index >= 15 is 0 Å². The lowest BCUT2D eigenvalue weighted by molar-refractivity contribution is -0.927. The van der Waals surface area contributed by atoms with Crippen LogP contribution in [-0.2, 0) is 19.6 Å². The smallest absolute Gasteiger partial charge is 0.282 e. The summed E-state index contributed by atoms with van der Waals surface area (Å²) in [6, 6.07) is 6.77. The maximum absolute atomic E-state index is 12.8. The van der Waals surface area contributed by atoms with Crippen molar-refractivity contribution in [3.8, 4) is 0 Å². The molecule has 2 fully saturated rings. The fourth-order valence-corrected chi connectivity index (χ4v) is 5.49. The molecule has 28 heavy (non-hydrogen) atoms. The fourth-order valence-electron chi connectivity index (χ4n) is 4.08. The van der Waals surface area contributed by atoms with Crippen LogP contribution in [-0.4, -0.2) is 75.6 Å². The summed E-state index contributed by atoms with van der Waals surface area (Å²) >= 11 is 0. The third-order valence-electron chi connectivity index (χ3n) is 6.37. The second kappa shape index (κ2) is 8.49. The Labute approximate surface area is 168 Å². The highest BCUT2D eigenvalue weighted by molar-refractivity contribution is 7.89. The summed E-state index contributed by atoms with van der Waals surface area (Å²) in [5.41, 5.74) is 0.615. The van der Waals surface area contributed by atoms with Gasteiger partial charge in [-0.2, -0.15) is 4.31 Å². The van der Waals surface area contributed by atoms with Crippen molar-refractivity contribution in [3.05, 3.63) is 24.3 Å². The molecule has 1 heterocycles. The minimum atomic E-state index is -3.52. The number of quaternary nitrogens is 1. The molecule has 1 aliphatic carbocycles. The molecule has 0 bridgehead atoms. The molecule has 0 spiro atoms. The Balaban J connectivity index is 1.65. The quantitative estimate of drug-likeness (QED) is 0.729. The average molecular weight is 411 g/mol. The van der Waals surface area contributed by atoms with Crippen LogP contribution in [0.15, 0.2) is 29.2 Å². The SMILES string of the molecule is C[C@H](C(=O)Nc1ccc(S(=O)(=O)N2CCOCC2)cc1)[N+](C)(C)C1CCCC1. The molecular formula is C20H32N3O4S+. The Morgan fingerprint density at radius 1 is 1.14 bits per heavy atom. The van der Waals surface area contributed by atoms with Crippen molar-refractivity contribution in [2.75, 3.05) is 45.7 Å². The number of sulfonamides is 1. The van der Waals surface area contributed by atoms with Crippen molar-refractivity contribution < 1.29 is 22.4 Å². The van der Waals surface area contributed by atoms with Crippen LogP contribution in [0.5, 0.6) is 0 Å². The predicted octanol–water partition coefficient (Wildman–Crippen LogP) is 2.05. The van der Waals surface area contributed by atoms with Crippen LogP contribution < -0.4 is 5.32 Å². The molecule has 7 nitrogen and oxygen atoms in total. The van der Waals surface area contributed by atoms with Crippen molar-refractivity contribution >= 4 is 21.6 Å². The predicted molar refractivity (Wildman–Crippen MR) is 108 cm³/mol. The van der Waals surface area contributed by atoms with Gasteiger partial charge in [-0.25, -0.2) is 8.42 Å². The number of carbonyl (C=O) groups is 1. The fraction of sp³-hybridized carbons (Fsp3) is 0.650. The van der Waals surface area contributed by atoms with Crippen LogP contribution in [0.25, 0.3) is 0 Å². The molecule has 8 heteroatoms. The topological polar surface area (TPSA) is 75.7 Å². The van der Waals surface area contributed by atoms with Gasteiger partial charge in [0.1, 0.15) is 0 Å².